The van der Waals surface area contributed by atoms with Crippen molar-refractivity contribution in [3.8, 4) is 6.07 Å². The molecule has 0 aliphatic carbocycles. The average molecular weight is 490 g/mol. The van der Waals surface area contributed by atoms with E-state index in [2.05, 4.69) is 10.6 Å². The summed E-state index contributed by atoms with van der Waals surface area (Å²) in [5.41, 5.74) is 1.60. The number of carbonyl (C=O) groups excluding carboxylic acids is 3. The van der Waals surface area contributed by atoms with E-state index in [9.17, 15) is 22.8 Å². The fourth-order valence-electron chi connectivity index (χ4n) is 3.35. The van der Waals surface area contributed by atoms with Gasteiger partial charge in [-0.15, -0.1) is 0 Å². The highest BCUT2D eigenvalue weighted by Crippen LogP contribution is 2.13. The number of benzene rings is 3. The van der Waals surface area contributed by atoms with Gasteiger partial charge in [-0.25, -0.2) is 8.42 Å². The van der Waals surface area contributed by atoms with Crippen LogP contribution in [0.4, 0.5) is 0 Å². The second kappa shape index (κ2) is 11.7. The van der Waals surface area contributed by atoms with Crippen molar-refractivity contribution in [2.45, 2.75) is 11.0 Å². The first-order chi connectivity index (χ1) is 16.8. The number of rotatable bonds is 10. The summed E-state index contributed by atoms with van der Waals surface area (Å²) in [4.78, 5) is 37.7. The smallest absolute Gasteiger partial charge is 0.251 e. The predicted octanol–water partition coefficient (Wildman–Crippen LogP) is 2.27. The molecule has 0 saturated heterocycles. The van der Waals surface area contributed by atoms with Gasteiger partial charge in [0, 0.05) is 23.2 Å². The van der Waals surface area contributed by atoms with Crippen LogP contribution in [0.25, 0.3) is 0 Å². The molecule has 0 radical (unpaired) electrons. The van der Waals surface area contributed by atoms with Crippen LogP contribution in [0, 0.1) is 11.3 Å². The molecule has 0 saturated carbocycles. The molecule has 1 unspecified atom stereocenters. The van der Waals surface area contributed by atoms with Crippen molar-refractivity contribution in [2.24, 2.45) is 0 Å². The van der Waals surface area contributed by atoms with Gasteiger partial charge in [0.1, 0.15) is 6.54 Å². The van der Waals surface area contributed by atoms with Gasteiger partial charge < -0.3 is 10.6 Å². The first kappa shape index (κ1) is 25.3. The monoisotopic (exact) mass is 489 g/mol. The first-order valence-corrected chi connectivity index (χ1v) is 12.4. The highest BCUT2D eigenvalue weighted by atomic mass is 32.2. The van der Waals surface area contributed by atoms with Gasteiger partial charge in [-0.1, -0.05) is 72.8 Å². The SMILES string of the molecule is N#CCNC(=O)C(CNC(=O)c1ccc(C(=O)c2ccccc2)cc1)S(=O)(=O)Cc1ccccc1. The zero-order valence-corrected chi connectivity index (χ0v) is 19.5. The van der Waals surface area contributed by atoms with E-state index in [1.54, 1.807) is 66.7 Å². The minimum atomic E-state index is -4.01. The zero-order valence-electron chi connectivity index (χ0n) is 18.7. The van der Waals surface area contributed by atoms with Gasteiger partial charge in [0.05, 0.1) is 11.8 Å². The molecular weight excluding hydrogens is 466 g/mol. The van der Waals surface area contributed by atoms with Gasteiger partial charge in [0.15, 0.2) is 20.9 Å². The minimum absolute atomic E-state index is 0.196. The summed E-state index contributed by atoms with van der Waals surface area (Å²) in [6, 6.07) is 24.7. The number of sulfone groups is 1. The van der Waals surface area contributed by atoms with Crippen molar-refractivity contribution in [3.05, 3.63) is 107 Å². The number of amides is 2. The van der Waals surface area contributed by atoms with Crippen molar-refractivity contribution >= 4 is 27.4 Å². The van der Waals surface area contributed by atoms with E-state index in [1.165, 1.54) is 24.3 Å². The normalized spacial score (nSPS) is 11.6. The van der Waals surface area contributed by atoms with Crippen molar-refractivity contribution in [1.82, 2.24) is 10.6 Å². The number of hydrogen-bond donors (Lipinski definition) is 2. The van der Waals surface area contributed by atoms with Crippen LogP contribution in [0.1, 0.15) is 31.8 Å². The van der Waals surface area contributed by atoms with Crippen LogP contribution in [-0.4, -0.2) is 44.4 Å². The van der Waals surface area contributed by atoms with Gasteiger partial charge in [-0.3, -0.25) is 14.4 Å². The molecule has 3 rings (SSSR count). The van der Waals surface area contributed by atoms with Crippen LogP contribution in [0.3, 0.4) is 0 Å². The molecule has 0 aliphatic heterocycles. The average Bonchev–Trinajstić information content (AvgIpc) is 2.87. The van der Waals surface area contributed by atoms with Crippen LogP contribution in [0.5, 0.6) is 0 Å². The lowest BCUT2D eigenvalue weighted by Crippen LogP contribution is -2.47. The number of carbonyl (C=O) groups is 3. The van der Waals surface area contributed by atoms with Crippen molar-refractivity contribution in [2.75, 3.05) is 13.1 Å². The molecule has 8 nitrogen and oxygen atoms in total. The third-order valence-electron chi connectivity index (χ3n) is 5.17. The Morgan fingerprint density at radius 1 is 0.771 bits per heavy atom. The third kappa shape index (κ3) is 6.85. The Hall–Kier alpha value is -4.29. The predicted molar refractivity (Wildman–Crippen MR) is 130 cm³/mol. The molecule has 2 N–H and O–H groups in total. The largest absolute Gasteiger partial charge is 0.350 e. The molecule has 2 amide bonds. The van der Waals surface area contributed by atoms with E-state index >= 15 is 0 Å². The summed E-state index contributed by atoms with van der Waals surface area (Å²) in [6.45, 7) is -0.836. The molecule has 0 heterocycles. The lowest BCUT2D eigenvalue weighted by atomic mass is 10.0. The minimum Gasteiger partial charge on any atom is -0.350 e. The summed E-state index contributed by atoms with van der Waals surface area (Å²) in [5.74, 6) is -2.06. The standard InChI is InChI=1S/C26H23N3O5S/c27-15-16-28-26(32)23(35(33,34)18-19-7-3-1-4-8-19)17-29-25(31)22-13-11-21(12-14-22)24(30)20-9-5-2-6-10-20/h1-14,23H,16-18H2,(H,28,32)(H,29,31). The van der Waals surface area contributed by atoms with E-state index in [0.29, 0.717) is 16.7 Å². The maximum Gasteiger partial charge on any atom is 0.251 e. The maximum atomic E-state index is 13.0. The molecule has 0 fully saturated rings. The van der Waals surface area contributed by atoms with E-state index in [-0.39, 0.29) is 17.9 Å². The molecular formula is C26H23N3O5S. The second-order valence-corrected chi connectivity index (χ2v) is 9.82. The Labute approximate surface area is 203 Å². The topological polar surface area (TPSA) is 133 Å². The molecule has 0 spiro atoms. The summed E-state index contributed by atoms with van der Waals surface area (Å²) in [7, 11) is -4.01. The van der Waals surface area contributed by atoms with Crippen molar-refractivity contribution in [1.29, 1.82) is 5.26 Å². The zero-order chi connectivity index (χ0) is 25.3. The number of hydrogen-bond acceptors (Lipinski definition) is 6. The molecule has 0 aliphatic rings. The molecule has 1 atom stereocenters. The molecule has 3 aromatic carbocycles. The number of nitrogens with zero attached hydrogens (tertiary/aromatic N) is 1. The molecule has 178 valence electrons. The van der Waals surface area contributed by atoms with Gasteiger partial charge >= 0.3 is 0 Å². The maximum absolute atomic E-state index is 13.0. The highest BCUT2D eigenvalue weighted by Gasteiger charge is 2.33. The van der Waals surface area contributed by atoms with Gasteiger partial charge in [0.25, 0.3) is 5.91 Å². The van der Waals surface area contributed by atoms with Crippen LogP contribution in [-0.2, 0) is 20.4 Å². The molecule has 3 aromatic rings. The van der Waals surface area contributed by atoms with Gasteiger partial charge in [-0.2, -0.15) is 5.26 Å². The van der Waals surface area contributed by atoms with E-state index in [4.69, 9.17) is 5.26 Å². The number of ketones is 1. The Morgan fingerprint density at radius 2 is 1.31 bits per heavy atom. The van der Waals surface area contributed by atoms with Crippen LogP contribution < -0.4 is 10.6 Å². The Kier molecular flexibility index (Phi) is 8.48. The summed E-state index contributed by atoms with van der Waals surface area (Å²) in [6.07, 6.45) is 0. The van der Waals surface area contributed by atoms with E-state index < -0.39 is 39.2 Å². The van der Waals surface area contributed by atoms with Gasteiger partial charge in [0.2, 0.25) is 5.91 Å². The number of nitriles is 1. The molecule has 9 heteroatoms. The third-order valence-corrected chi connectivity index (χ3v) is 7.15. The quantitative estimate of drug-likeness (QED) is 0.332. The van der Waals surface area contributed by atoms with Crippen LogP contribution in [0.2, 0.25) is 0 Å². The van der Waals surface area contributed by atoms with E-state index in [0.717, 1.165) is 0 Å². The van der Waals surface area contributed by atoms with Crippen molar-refractivity contribution < 1.29 is 22.8 Å². The summed E-state index contributed by atoms with van der Waals surface area (Å²) in [5, 5.41) is 11.9. The fourth-order valence-corrected chi connectivity index (χ4v) is 4.95. The first-order valence-electron chi connectivity index (χ1n) is 10.7. The Bertz CT molecular complexity index is 1330. The molecule has 35 heavy (non-hydrogen) atoms. The lowest BCUT2D eigenvalue weighted by Gasteiger charge is -2.17. The van der Waals surface area contributed by atoms with Crippen LogP contribution >= 0.6 is 0 Å². The van der Waals surface area contributed by atoms with Gasteiger partial charge in [-0.05, 0) is 17.7 Å². The van der Waals surface area contributed by atoms with E-state index in [1.807, 2.05) is 0 Å². The molecule has 0 aromatic heterocycles. The summed E-state index contributed by atoms with van der Waals surface area (Å²) >= 11 is 0. The number of nitrogens with one attached hydrogen (secondary N) is 2. The second-order valence-electron chi connectivity index (χ2n) is 7.64. The van der Waals surface area contributed by atoms with Crippen LogP contribution in [0.15, 0.2) is 84.9 Å². The highest BCUT2D eigenvalue weighted by molar-refractivity contribution is 7.92. The Morgan fingerprint density at radius 3 is 1.91 bits per heavy atom. The molecule has 0 bridgehead atoms. The lowest BCUT2D eigenvalue weighted by molar-refractivity contribution is -0.120. The fraction of sp³-hybridized carbons (Fsp3) is 0.154. The Balaban J connectivity index is 1.71. The summed E-state index contributed by atoms with van der Waals surface area (Å²) < 4.78 is 26.0. The van der Waals surface area contributed by atoms with Crippen molar-refractivity contribution in [3.63, 3.8) is 0 Å².